The zero-order valence-electron chi connectivity index (χ0n) is 15.9. The van der Waals surface area contributed by atoms with Crippen LogP contribution < -0.4 is 0 Å². The van der Waals surface area contributed by atoms with E-state index in [9.17, 15) is 25.9 Å². The van der Waals surface area contributed by atoms with Gasteiger partial charge in [0.1, 0.15) is 0 Å². The summed E-state index contributed by atoms with van der Waals surface area (Å²) in [6.45, 7) is 0. The Kier molecular flexibility index (Phi) is 6.14. The van der Waals surface area contributed by atoms with Crippen LogP contribution in [0.15, 0.2) is 84.9 Å². The monoisotopic (exact) mass is 451 g/mol. The average molecular weight is 451 g/mol. The Morgan fingerprint density at radius 2 is 0.867 bits per heavy atom. The van der Waals surface area contributed by atoms with Crippen molar-refractivity contribution in [1.29, 1.82) is 0 Å². The van der Waals surface area contributed by atoms with Crippen LogP contribution in [0.3, 0.4) is 0 Å². The standard InChI is InChI=1S/C21H16O6S2.Na/c22-28(23,24)21(29(25,26)27,19-13-5-9-15-7-1-3-11-17(15)19)20-14-6-10-16-8-2-4-12-18(16)20;/h1-14H,(H,22,23,24)(H,25,26,27);. The molecule has 0 aliphatic heterocycles. The molecule has 0 amide bonds. The van der Waals surface area contributed by atoms with Gasteiger partial charge < -0.3 is 0 Å². The van der Waals surface area contributed by atoms with Crippen LogP contribution in [0.1, 0.15) is 11.1 Å². The van der Waals surface area contributed by atoms with E-state index in [1.54, 1.807) is 60.7 Å². The van der Waals surface area contributed by atoms with Crippen molar-refractivity contribution < 1.29 is 25.9 Å². The van der Waals surface area contributed by atoms with Crippen LogP contribution in [-0.4, -0.2) is 55.5 Å². The molecule has 0 aliphatic carbocycles. The molecule has 149 valence electrons. The summed E-state index contributed by atoms with van der Waals surface area (Å²) >= 11 is 0. The first-order valence-electron chi connectivity index (χ1n) is 8.58. The van der Waals surface area contributed by atoms with Crippen LogP contribution in [-0.2, 0) is 24.3 Å². The summed E-state index contributed by atoms with van der Waals surface area (Å²) in [6.07, 6.45) is 0. The summed E-state index contributed by atoms with van der Waals surface area (Å²) in [4.78, 5) is 0. The smallest absolute Gasteiger partial charge is 0.284 e. The van der Waals surface area contributed by atoms with E-state index in [2.05, 4.69) is 0 Å². The van der Waals surface area contributed by atoms with Crippen LogP contribution in [0.2, 0.25) is 0 Å². The van der Waals surface area contributed by atoms with Gasteiger partial charge in [-0.2, -0.15) is 16.8 Å². The Balaban J connectivity index is 0.00000256. The summed E-state index contributed by atoms with van der Waals surface area (Å²) < 4.78 is 68.7. The van der Waals surface area contributed by atoms with E-state index in [-0.39, 0.29) is 51.5 Å². The predicted octanol–water partition coefficient (Wildman–Crippen LogP) is 3.59. The molecule has 9 heteroatoms. The van der Waals surface area contributed by atoms with Gasteiger partial charge in [0.2, 0.25) is 0 Å². The molecule has 6 nitrogen and oxygen atoms in total. The number of hydrogen-bond donors (Lipinski definition) is 2. The van der Waals surface area contributed by atoms with E-state index in [0.29, 0.717) is 10.8 Å². The fraction of sp³-hybridized carbons (Fsp3) is 0.0476. The van der Waals surface area contributed by atoms with E-state index < -0.39 is 24.3 Å². The van der Waals surface area contributed by atoms with Gasteiger partial charge in [-0.05, 0) is 21.5 Å². The van der Waals surface area contributed by atoms with Gasteiger partial charge in [0.05, 0.1) is 0 Å². The quantitative estimate of drug-likeness (QED) is 0.363. The topological polar surface area (TPSA) is 109 Å². The van der Waals surface area contributed by atoms with Crippen molar-refractivity contribution in [2.45, 2.75) is 4.08 Å². The van der Waals surface area contributed by atoms with Gasteiger partial charge in [-0.15, -0.1) is 0 Å². The molecule has 30 heavy (non-hydrogen) atoms. The Hall–Kier alpha value is -1.78. The molecule has 0 bridgehead atoms. The molecule has 0 saturated carbocycles. The van der Waals surface area contributed by atoms with Crippen molar-refractivity contribution in [1.82, 2.24) is 0 Å². The molecular formula is C21H16NaO6S2. The van der Waals surface area contributed by atoms with Gasteiger partial charge in [0, 0.05) is 40.7 Å². The Morgan fingerprint density at radius 3 is 1.23 bits per heavy atom. The summed E-state index contributed by atoms with van der Waals surface area (Å²) in [5, 5.41) is 1.67. The maximum absolute atomic E-state index is 12.8. The number of hydrogen-bond acceptors (Lipinski definition) is 4. The van der Waals surface area contributed by atoms with Crippen LogP contribution in [0.5, 0.6) is 0 Å². The maximum Gasteiger partial charge on any atom is 0.296 e. The molecule has 0 spiro atoms. The summed E-state index contributed by atoms with van der Waals surface area (Å²) in [5.74, 6) is 0. The Labute approximate surface area is 196 Å². The van der Waals surface area contributed by atoms with Gasteiger partial charge in [-0.1, -0.05) is 84.9 Å². The minimum atomic E-state index is -5.41. The van der Waals surface area contributed by atoms with Crippen molar-refractivity contribution >= 4 is 71.3 Å². The molecule has 4 aromatic carbocycles. The minimum absolute atomic E-state index is 0. The van der Waals surface area contributed by atoms with Crippen molar-refractivity contribution in [3.63, 3.8) is 0 Å². The second kappa shape index (κ2) is 8.05. The normalized spacial score (nSPS) is 12.6. The van der Waals surface area contributed by atoms with Crippen molar-refractivity contribution in [3.8, 4) is 0 Å². The van der Waals surface area contributed by atoms with Crippen LogP contribution in [0.4, 0.5) is 0 Å². The average Bonchev–Trinajstić information content (AvgIpc) is 2.67. The van der Waals surface area contributed by atoms with E-state index in [1.165, 1.54) is 24.3 Å². The second-order valence-electron chi connectivity index (χ2n) is 6.62. The molecule has 0 aliphatic rings. The third-order valence-corrected chi connectivity index (χ3v) is 8.61. The van der Waals surface area contributed by atoms with Crippen LogP contribution in [0, 0.1) is 0 Å². The first-order chi connectivity index (χ1) is 13.7. The zero-order chi connectivity index (χ0) is 20.9. The number of rotatable bonds is 4. The Bertz CT molecular complexity index is 1340. The maximum atomic E-state index is 12.8. The molecule has 0 saturated heterocycles. The molecule has 1 radical (unpaired) electrons. The Morgan fingerprint density at radius 1 is 0.533 bits per heavy atom. The zero-order valence-corrected chi connectivity index (χ0v) is 19.6. The molecular weight excluding hydrogens is 435 g/mol. The summed E-state index contributed by atoms with van der Waals surface area (Å²) in [5.41, 5.74) is -0.506. The molecule has 0 atom stereocenters. The van der Waals surface area contributed by atoms with Gasteiger partial charge in [-0.25, -0.2) is 0 Å². The molecule has 4 rings (SSSR count). The molecule has 0 fully saturated rings. The third-order valence-electron chi connectivity index (χ3n) is 5.01. The largest absolute Gasteiger partial charge is 0.296 e. The first-order valence-corrected chi connectivity index (χ1v) is 11.5. The SMILES string of the molecule is O=S(=O)(O)C(c1cccc2ccccc12)(c1cccc2ccccc12)S(=O)(=O)O.[Na]. The second-order valence-corrected chi connectivity index (χ2v) is 10.0. The molecule has 0 heterocycles. The van der Waals surface area contributed by atoms with E-state index in [1.807, 2.05) is 0 Å². The fourth-order valence-electron chi connectivity index (χ4n) is 3.86. The molecule has 0 aromatic heterocycles. The van der Waals surface area contributed by atoms with Gasteiger partial charge in [0.25, 0.3) is 24.3 Å². The van der Waals surface area contributed by atoms with Crippen molar-refractivity contribution in [3.05, 3.63) is 96.1 Å². The fourth-order valence-corrected chi connectivity index (χ4v) is 6.75. The van der Waals surface area contributed by atoms with Gasteiger partial charge in [-0.3, -0.25) is 9.11 Å². The predicted molar refractivity (Wildman–Crippen MR) is 118 cm³/mol. The van der Waals surface area contributed by atoms with E-state index in [4.69, 9.17) is 0 Å². The molecule has 0 unspecified atom stereocenters. The minimum Gasteiger partial charge on any atom is -0.284 e. The number of benzene rings is 4. The van der Waals surface area contributed by atoms with Crippen LogP contribution >= 0.6 is 0 Å². The summed E-state index contributed by atoms with van der Waals surface area (Å²) in [6, 6.07) is 22.0. The third kappa shape index (κ3) is 3.38. The van der Waals surface area contributed by atoms with Crippen LogP contribution in [0.25, 0.3) is 21.5 Å². The van der Waals surface area contributed by atoms with Crippen molar-refractivity contribution in [2.24, 2.45) is 0 Å². The van der Waals surface area contributed by atoms with Crippen molar-refractivity contribution in [2.75, 3.05) is 0 Å². The first kappa shape index (κ1) is 22.9. The van der Waals surface area contributed by atoms with E-state index in [0.717, 1.165) is 0 Å². The molecule has 2 N–H and O–H groups in total. The molecule has 4 aromatic rings. The van der Waals surface area contributed by atoms with E-state index >= 15 is 0 Å². The summed E-state index contributed by atoms with van der Waals surface area (Å²) in [7, 11) is -10.8. The van der Waals surface area contributed by atoms with Gasteiger partial charge in [0.15, 0.2) is 0 Å². The van der Waals surface area contributed by atoms with Gasteiger partial charge >= 0.3 is 0 Å². The number of fused-ring (bicyclic) bond motifs is 2.